The zero-order valence-electron chi connectivity index (χ0n) is 15.1. The van der Waals surface area contributed by atoms with E-state index >= 15 is 0 Å². The molecule has 2 aromatic rings. The van der Waals surface area contributed by atoms with Gasteiger partial charge in [-0.05, 0) is 55.2 Å². The lowest BCUT2D eigenvalue weighted by molar-refractivity contribution is 0.102. The predicted octanol–water partition coefficient (Wildman–Crippen LogP) is 3.23. The number of nitrogens with one attached hydrogen (secondary N) is 1. The van der Waals surface area contributed by atoms with Gasteiger partial charge < -0.3 is 5.32 Å². The lowest BCUT2D eigenvalue weighted by Crippen LogP contribution is -2.37. The highest BCUT2D eigenvalue weighted by atomic mass is 32.2. The molecule has 1 aliphatic heterocycles. The summed E-state index contributed by atoms with van der Waals surface area (Å²) in [7, 11) is -3.54. The van der Waals surface area contributed by atoms with E-state index in [1.165, 1.54) is 28.6 Å². The Morgan fingerprint density at radius 2 is 1.74 bits per heavy atom. The van der Waals surface area contributed by atoms with Crippen LogP contribution in [-0.4, -0.2) is 31.7 Å². The minimum Gasteiger partial charge on any atom is -0.321 e. The Morgan fingerprint density at radius 1 is 1.11 bits per heavy atom. The summed E-state index contributed by atoms with van der Waals surface area (Å²) in [6.07, 6.45) is 1.72. The molecule has 0 bridgehead atoms. The van der Waals surface area contributed by atoms with Crippen LogP contribution in [0.4, 0.5) is 5.69 Å². The zero-order chi connectivity index (χ0) is 19.4. The number of carbonyl (C=O) groups excluding carboxylic acids is 1. The van der Waals surface area contributed by atoms with Gasteiger partial charge in [-0.2, -0.15) is 9.57 Å². The Morgan fingerprint density at radius 3 is 2.37 bits per heavy atom. The number of sulfonamides is 1. The Balaban J connectivity index is 1.75. The van der Waals surface area contributed by atoms with Crippen molar-refractivity contribution >= 4 is 21.6 Å². The number of amides is 1. The second-order valence-electron chi connectivity index (χ2n) is 6.72. The SMILES string of the molecule is CC1CCN(S(=O)(=O)c2ccc(C(=O)Nc3ccccc3C#N)cc2)CC1. The molecule has 2 aromatic carbocycles. The molecule has 0 aromatic heterocycles. The van der Waals surface area contributed by atoms with Gasteiger partial charge in [0, 0.05) is 18.7 Å². The Hall–Kier alpha value is -2.69. The van der Waals surface area contributed by atoms with Crippen molar-refractivity contribution in [3.05, 3.63) is 59.7 Å². The largest absolute Gasteiger partial charge is 0.321 e. The van der Waals surface area contributed by atoms with Gasteiger partial charge in [0.1, 0.15) is 6.07 Å². The molecule has 1 fully saturated rings. The van der Waals surface area contributed by atoms with E-state index in [-0.39, 0.29) is 4.90 Å². The molecule has 0 atom stereocenters. The number of nitriles is 1. The number of anilines is 1. The van der Waals surface area contributed by atoms with Gasteiger partial charge in [0.15, 0.2) is 0 Å². The van der Waals surface area contributed by atoms with Crippen LogP contribution in [0, 0.1) is 17.2 Å². The Kier molecular flexibility index (Phi) is 5.59. The maximum absolute atomic E-state index is 12.7. The number of para-hydroxylation sites is 1. The number of hydrogen-bond donors (Lipinski definition) is 1. The molecule has 6 nitrogen and oxygen atoms in total. The molecule has 27 heavy (non-hydrogen) atoms. The van der Waals surface area contributed by atoms with E-state index < -0.39 is 15.9 Å². The van der Waals surface area contributed by atoms with Crippen molar-refractivity contribution in [2.24, 2.45) is 5.92 Å². The monoisotopic (exact) mass is 383 g/mol. The average molecular weight is 383 g/mol. The first kappa shape index (κ1) is 19.1. The lowest BCUT2D eigenvalue weighted by Gasteiger charge is -2.29. The van der Waals surface area contributed by atoms with E-state index in [4.69, 9.17) is 5.26 Å². The minimum atomic E-state index is -3.54. The normalized spacial score (nSPS) is 15.9. The van der Waals surface area contributed by atoms with Crippen LogP contribution in [0.5, 0.6) is 0 Å². The Labute approximate surface area is 159 Å². The van der Waals surface area contributed by atoms with Gasteiger partial charge >= 0.3 is 0 Å². The van der Waals surface area contributed by atoms with E-state index in [1.54, 1.807) is 24.3 Å². The van der Waals surface area contributed by atoms with Crippen molar-refractivity contribution < 1.29 is 13.2 Å². The lowest BCUT2D eigenvalue weighted by atomic mass is 10.0. The smallest absolute Gasteiger partial charge is 0.255 e. The number of hydrogen-bond acceptors (Lipinski definition) is 4. The fraction of sp³-hybridized carbons (Fsp3) is 0.300. The maximum Gasteiger partial charge on any atom is 0.255 e. The number of carbonyl (C=O) groups is 1. The number of rotatable bonds is 4. The Bertz CT molecular complexity index is 970. The quantitative estimate of drug-likeness (QED) is 0.878. The summed E-state index contributed by atoms with van der Waals surface area (Å²) in [5, 5.41) is 11.8. The molecular formula is C20H21N3O3S. The van der Waals surface area contributed by atoms with Crippen LogP contribution in [0.3, 0.4) is 0 Å². The third kappa shape index (κ3) is 4.18. The predicted molar refractivity (Wildman–Crippen MR) is 103 cm³/mol. The van der Waals surface area contributed by atoms with Crippen LogP contribution in [0.1, 0.15) is 35.7 Å². The molecule has 3 rings (SSSR count). The van der Waals surface area contributed by atoms with Crippen molar-refractivity contribution in [2.75, 3.05) is 18.4 Å². The average Bonchev–Trinajstić information content (AvgIpc) is 2.69. The van der Waals surface area contributed by atoms with Gasteiger partial charge in [-0.25, -0.2) is 8.42 Å². The summed E-state index contributed by atoms with van der Waals surface area (Å²) in [6.45, 7) is 3.18. The topological polar surface area (TPSA) is 90.3 Å². The van der Waals surface area contributed by atoms with E-state index in [0.29, 0.717) is 35.8 Å². The summed E-state index contributed by atoms with van der Waals surface area (Å²) >= 11 is 0. The third-order valence-electron chi connectivity index (χ3n) is 4.79. The van der Waals surface area contributed by atoms with E-state index in [0.717, 1.165) is 12.8 Å². The molecule has 0 saturated carbocycles. The molecule has 0 spiro atoms. The standard InChI is InChI=1S/C20H21N3O3S/c1-15-10-12-23(13-11-15)27(25,26)18-8-6-16(7-9-18)20(24)22-19-5-3-2-4-17(19)14-21/h2-9,15H,10-13H2,1H3,(H,22,24). The van der Waals surface area contributed by atoms with Crippen molar-refractivity contribution in [3.8, 4) is 6.07 Å². The first-order valence-corrected chi connectivity index (χ1v) is 10.3. The highest BCUT2D eigenvalue weighted by Gasteiger charge is 2.28. The van der Waals surface area contributed by atoms with Gasteiger partial charge in [0.05, 0.1) is 16.1 Å². The van der Waals surface area contributed by atoms with Gasteiger partial charge in [-0.3, -0.25) is 4.79 Å². The van der Waals surface area contributed by atoms with Gasteiger partial charge in [-0.1, -0.05) is 19.1 Å². The van der Waals surface area contributed by atoms with E-state index in [9.17, 15) is 13.2 Å². The summed E-state index contributed by atoms with van der Waals surface area (Å²) in [5.74, 6) is 0.146. The fourth-order valence-corrected chi connectivity index (χ4v) is 4.51. The fourth-order valence-electron chi connectivity index (χ4n) is 3.04. The molecule has 0 aliphatic carbocycles. The molecule has 7 heteroatoms. The first-order valence-electron chi connectivity index (χ1n) is 8.82. The molecular weight excluding hydrogens is 362 g/mol. The molecule has 140 valence electrons. The van der Waals surface area contributed by atoms with Crippen molar-refractivity contribution in [1.29, 1.82) is 5.26 Å². The van der Waals surface area contributed by atoms with Crippen molar-refractivity contribution in [2.45, 2.75) is 24.7 Å². The van der Waals surface area contributed by atoms with Crippen LogP contribution < -0.4 is 5.32 Å². The van der Waals surface area contributed by atoms with Crippen LogP contribution in [-0.2, 0) is 10.0 Å². The molecule has 1 aliphatic rings. The van der Waals surface area contributed by atoms with Crippen LogP contribution in [0.25, 0.3) is 0 Å². The third-order valence-corrected chi connectivity index (χ3v) is 6.71. The number of benzene rings is 2. The first-order chi connectivity index (χ1) is 12.9. The van der Waals surface area contributed by atoms with Crippen LogP contribution in [0.2, 0.25) is 0 Å². The zero-order valence-corrected chi connectivity index (χ0v) is 15.9. The minimum absolute atomic E-state index is 0.186. The second kappa shape index (κ2) is 7.91. The van der Waals surface area contributed by atoms with Crippen LogP contribution in [0.15, 0.2) is 53.4 Å². The van der Waals surface area contributed by atoms with Crippen molar-refractivity contribution in [3.63, 3.8) is 0 Å². The van der Waals surface area contributed by atoms with Gasteiger partial charge in [-0.15, -0.1) is 0 Å². The summed E-state index contributed by atoms with van der Waals surface area (Å²) < 4.78 is 27.0. The second-order valence-corrected chi connectivity index (χ2v) is 8.66. The summed E-state index contributed by atoms with van der Waals surface area (Å²) in [5.41, 5.74) is 1.11. The number of piperidine rings is 1. The van der Waals surface area contributed by atoms with Gasteiger partial charge in [0.25, 0.3) is 5.91 Å². The van der Waals surface area contributed by atoms with Gasteiger partial charge in [0.2, 0.25) is 10.0 Å². The van der Waals surface area contributed by atoms with E-state index in [1.807, 2.05) is 6.07 Å². The summed E-state index contributed by atoms with van der Waals surface area (Å²) in [4.78, 5) is 12.6. The molecule has 1 amide bonds. The highest BCUT2D eigenvalue weighted by molar-refractivity contribution is 7.89. The maximum atomic E-state index is 12.7. The number of nitrogens with zero attached hydrogens (tertiary/aromatic N) is 2. The summed E-state index contributed by atoms with van der Waals surface area (Å²) in [6, 6.07) is 14.6. The van der Waals surface area contributed by atoms with Crippen molar-refractivity contribution in [1.82, 2.24) is 4.31 Å². The molecule has 1 heterocycles. The van der Waals surface area contributed by atoms with Crippen LogP contribution >= 0.6 is 0 Å². The van der Waals surface area contributed by atoms with E-state index in [2.05, 4.69) is 12.2 Å². The molecule has 1 N–H and O–H groups in total. The highest BCUT2D eigenvalue weighted by Crippen LogP contribution is 2.24. The molecule has 1 saturated heterocycles. The molecule has 0 radical (unpaired) electrons. The molecule has 0 unspecified atom stereocenters.